The number of aromatic nitrogens is 3. The standard InChI is InChI=1S/C8H7ClN4OS/c9-5-1-6(3-11-2-5)14-4-7-8(10)15-13-12-7/h1-3H,4,10H2. The van der Waals surface area contributed by atoms with Crippen LogP contribution in [-0.2, 0) is 6.61 Å². The smallest absolute Gasteiger partial charge is 0.139 e. The maximum Gasteiger partial charge on any atom is 0.139 e. The summed E-state index contributed by atoms with van der Waals surface area (Å²) < 4.78 is 9.09. The van der Waals surface area contributed by atoms with Crippen LogP contribution < -0.4 is 10.5 Å². The third-order valence-corrected chi connectivity index (χ3v) is 2.44. The van der Waals surface area contributed by atoms with Crippen LogP contribution in [0.15, 0.2) is 18.5 Å². The van der Waals surface area contributed by atoms with Gasteiger partial charge in [-0.2, -0.15) is 0 Å². The first kappa shape index (κ1) is 10.1. The van der Waals surface area contributed by atoms with Gasteiger partial charge in [-0.25, -0.2) is 0 Å². The van der Waals surface area contributed by atoms with E-state index in [1.807, 2.05) is 0 Å². The van der Waals surface area contributed by atoms with Crippen molar-refractivity contribution in [2.75, 3.05) is 5.73 Å². The zero-order valence-corrected chi connectivity index (χ0v) is 9.13. The summed E-state index contributed by atoms with van der Waals surface area (Å²) in [7, 11) is 0. The quantitative estimate of drug-likeness (QED) is 0.888. The van der Waals surface area contributed by atoms with Crippen molar-refractivity contribution in [3.63, 3.8) is 0 Å². The van der Waals surface area contributed by atoms with Crippen LogP contribution >= 0.6 is 23.1 Å². The molecule has 0 bridgehead atoms. The molecule has 0 aliphatic heterocycles. The molecule has 2 aromatic heterocycles. The zero-order valence-electron chi connectivity index (χ0n) is 7.55. The molecule has 5 nitrogen and oxygen atoms in total. The summed E-state index contributed by atoms with van der Waals surface area (Å²) in [5, 5.41) is 4.90. The third kappa shape index (κ3) is 2.54. The number of anilines is 1. The van der Waals surface area contributed by atoms with E-state index >= 15 is 0 Å². The van der Waals surface area contributed by atoms with E-state index < -0.39 is 0 Å². The number of nitrogens with two attached hydrogens (primary N) is 1. The fraction of sp³-hybridized carbons (Fsp3) is 0.125. The van der Waals surface area contributed by atoms with Crippen molar-refractivity contribution in [1.29, 1.82) is 0 Å². The summed E-state index contributed by atoms with van der Waals surface area (Å²) >= 11 is 6.88. The third-order valence-electron chi connectivity index (χ3n) is 1.64. The Hall–Kier alpha value is -1.40. The Morgan fingerprint density at radius 2 is 2.33 bits per heavy atom. The Bertz CT molecular complexity index is 461. The summed E-state index contributed by atoms with van der Waals surface area (Å²) in [6.45, 7) is 0.268. The van der Waals surface area contributed by atoms with Crippen molar-refractivity contribution in [3.05, 3.63) is 29.2 Å². The highest BCUT2D eigenvalue weighted by Crippen LogP contribution is 2.18. The van der Waals surface area contributed by atoms with E-state index in [1.165, 1.54) is 6.20 Å². The van der Waals surface area contributed by atoms with Gasteiger partial charge in [0.2, 0.25) is 0 Å². The number of rotatable bonds is 3. The highest BCUT2D eigenvalue weighted by molar-refractivity contribution is 7.09. The predicted octanol–water partition coefficient (Wildman–Crippen LogP) is 1.75. The topological polar surface area (TPSA) is 73.9 Å². The van der Waals surface area contributed by atoms with E-state index in [-0.39, 0.29) is 6.61 Å². The fourth-order valence-electron chi connectivity index (χ4n) is 0.939. The number of halogens is 1. The number of nitrogens with zero attached hydrogens (tertiary/aromatic N) is 3. The molecular formula is C8H7ClN4OS. The predicted molar refractivity (Wildman–Crippen MR) is 57.9 cm³/mol. The van der Waals surface area contributed by atoms with Gasteiger partial charge in [-0.15, -0.1) is 5.10 Å². The Kier molecular flexibility index (Phi) is 2.98. The Morgan fingerprint density at radius 1 is 1.47 bits per heavy atom. The van der Waals surface area contributed by atoms with E-state index in [9.17, 15) is 0 Å². The van der Waals surface area contributed by atoms with Crippen molar-refractivity contribution in [2.45, 2.75) is 6.61 Å². The summed E-state index contributed by atoms with van der Waals surface area (Å²) in [4.78, 5) is 3.88. The molecule has 0 radical (unpaired) electrons. The van der Waals surface area contributed by atoms with Crippen LogP contribution in [0.2, 0.25) is 5.02 Å². The van der Waals surface area contributed by atoms with Crippen LogP contribution in [0.3, 0.4) is 0 Å². The fourth-order valence-corrected chi connectivity index (χ4v) is 1.53. The maximum atomic E-state index is 5.74. The second-order valence-corrected chi connectivity index (χ2v) is 3.93. The summed E-state index contributed by atoms with van der Waals surface area (Å²) in [6.07, 6.45) is 3.11. The molecule has 0 aromatic carbocycles. The van der Waals surface area contributed by atoms with Crippen LogP contribution in [0.1, 0.15) is 5.69 Å². The van der Waals surface area contributed by atoms with Gasteiger partial charge in [0.05, 0.1) is 11.2 Å². The van der Waals surface area contributed by atoms with Crippen LogP contribution in [0.5, 0.6) is 5.75 Å². The minimum absolute atomic E-state index is 0.268. The highest BCUT2D eigenvalue weighted by atomic mass is 35.5. The lowest BCUT2D eigenvalue weighted by molar-refractivity contribution is 0.300. The molecule has 7 heteroatoms. The average Bonchev–Trinajstić information content (AvgIpc) is 2.61. The first-order valence-corrected chi connectivity index (χ1v) is 5.21. The Labute approximate surface area is 95.0 Å². The molecule has 2 N–H and O–H groups in total. The SMILES string of the molecule is Nc1snnc1COc1cncc(Cl)c1. The van der Waals surface area contributed by atoms with Crippen molar-refractivity contribution < 1.29 is 4.74 Å². The van der Waals surface area contributed by atoms with Gasteiger partial charge in [0, 0.05) is 23.8 Å². The number of hydrogen-bond acceptors (Lipinski definition) is 6. The first-order valence-electron chi connectivity index (χ1n) is 4.06. The van der Waals surface area contributed by atoms with E-state index in [0.29, 0.717) is 21.5 Å². The van der Waals surface area contributed by atoms with Crippen LogP contribution in [0.25, 0.3) is 0 Å². The van der Waals surface area contributed by atoms with Crippen LogP contribution in [0, 0.1) is 0 Å². The summed E-state index contributed by atoms with van der Waals surface area (Å²) in [5.41, 5.74) is 6.23. The zero-order chi connectivity index (χ0) is 10.7. The molecule has 0 amide bonds. The van der Waals surface area contributed by atoms with Gasteiger partial charge < -0.3 is 10.5 Å². The lowest BCUT2D eigenvalue weighted by atomic mass is 10.4. The lowest BCUT2D eigenvalue weighted by Gasteiger charge is -2.03. The normalized spacial score (nSPS) is 10.2. The van der Waals surface area contributed by atoms with Gasteiger partial charge in [0.15, 0.2) is 0 Å². The maximum absolute atomic E-state index is 5.74. The van der Waals surface area contributed by atoms with Crippen molar-refractivity contribution >= 4 is 28.1 Å². The molecule has 0 unspecified atom stereocenters. The van der Waals surface area contributed by atoms with Gasteiger partial charge in [0.25, 0.3) is 0 Å². The molecule has 2 heterocycles. The van der Waals surface area contributed by atoms with Crippen LogP contribution in [-0.4, -0.2) is 14.6 Å². The van der Waals surface area contributed by atoms with Crippen LogP contribution in [0.4, 0.5) is 5.00 Å². The van der Waals surface area contributed by atoms with E-state index in [0.717, 1.165) is 11.5 Å². The molecule has 2 rings (SSSR count). The van der Waals surface area contributed by atoms with Gasteiger partial charge >= 0.3 is 0 Å². The second kappa shape index (κ2) is 4.41. The van der Waals surface area contributed by atoms with Crippen molar-refractivity contribution in [1.82, 2.24) is 14.6 Å². The summed E-state index contributed by atoms with van der Waals surface area (Å²) in [6, 6.07) is 1.67. The molecule has 0 atom stereocenters. The van der Waals surface area contributed by atoms with Gasteiger partial charge in [-0.3, -0.25) is 4.98 Å². The molecule has 0 aliphatic rings. The second-order valence-electron chi connectivity index (χ2n) is 2.71. The van der Waals surface area contributed by atoms with Gasteiger partial charge in [-0.1, -0.05) is 16.1 Å². The van der Waals surface area contributed by atoms with Gasteiger partial charge in [0.1, 0.15) is 23.1 Å². The van der Waals surface area contributed by atoms with Crippen molar-refractivity contribution in [2.24, 2.45) is 0 Å². The minimum Gasteiger partial charge on any atom is -0.485 e. The van der Waals surface area contributed by atoms with E-state index in [1.54, 1.807) is 12.3 Å². The number of nitrogen functional groups attached to an aromatic ring is 1. The minimum atomic E-state index is 0.268. The molecule has 15 heavy (non-hydrogen) atoms. The average molecular weight is 243 g/mol. The molecule has 0 spiro atoms. The first-order chi connectivity index (χ1) is 7.25. The molecule has 78 valence electrons. The van der Waals surface area contributed by atoms with Crippen molar-refractivity contribution in [3.8, 4) is 5.75 Å². The summed E-state index contributed by atoms with van der Waals surface area (Å²) in [5.74, 6) is 0.579. The molecule has 2 aromatic rings. The molecule has 0 fully saturated rings. The van der Waals surface area contributed by atoms with Gasteiger partial charge in [-0.05, 0) is 0 Å². The number of pyridine rings is 1. The molecule has 0 aliphatic carbocycles. The lowest BCUT2D eigenvalue weighted by Crippen LogP contribution is -1.99. The molecular weight excluding hydrogens is 236 g/mol. The molecule has 0 saturated carbocycles. The number of hydrogen-bond donors (Lipinski definition) is 1. The Morgan fingerprint density at radius 3 is 3.00 bits per heavy atom. The number of ether oxygens (including phenoxy) is 1. The Balaban J connectivity index is 2.02. The van der Waals surface area contributed by atoms with E-state index in [2.05, 4.69) is 14.6 Å². The molecule has 0 saturated heterocycles. The monoisotopic (exact) mass is 242 g/mol. The highest BCUT2D eigenvalue weighted by Gasteiger charge is 2.05. The van der Waals surface area contributed by atoms with E-state index in [4.69, 9.17) is 22.1 Å². The largest absolute Gasteiger partial charge is 0.485 e.